The van der Waals surface area contributed by atoms with Gasteiger partial charge in [0.05, 0.1) is 9.50 Å². The maximum absolute atomic E-state index is 11.5. The summed E-state index contributed by atoms with van der Waals surface area (Å²) in [4.78, 5) is 11.5. The van der Waals surface area contributed by atoms with Gasteiger partial charge < -0.3 is 4.74 Å². The number of hydrogen-bond acceptors (Lipinski definition) is 3. The smallest absolute Gasteiger partial charge is 0.265 e. The second-order valence-electron chi connectivity index (χ2n) is 4.02. The lowest BCUT2D eigenvalue weighted by Gasteiger charge is -2.11. The highest BCUT2D eigenvalue weighted by molar-refractivity contribution is 9.10. The van der Waals surface area contributed by atoms with Crippen LogP contribution in [0.4, 0.5) is 0 Å². The molecule has 104 valence electrons. The number of hydrazine groups is 1. The maximum Gasteiger partial charge on any atom is 0.265 e. The number of ether oxygens (including phenoxy) is 1. The van der Waals surface area contributed by atoms with E-state index in [1.165, 1.54) is 6.07 Å². The van der Waals surface area contributed by atoms with E-state index in [2.05, 4.69) is 21.4 Å². The predicted molar refractivity (Wildman–Crippen MR) is 81.6 cm³/mol. The molecule has 0 saturated carbocycles. The van der Waals surface area contributed by atoms with E-state index in [9.17, 15) is 4.79 Å². The van der Waals surface area contributed by atoms with E-state index in [1.807, 2.05) is 30.3 Å². The molecule has 0 aliphatic rings. The second-order valence-corrected chi connectivity index (χ2v) is 5.28. The molecule has 0 saturated heterocycles. The molecule has 0 aromatic heterocycles. The summed E-state index contributed by atoms with van der Waals surface area (Å²) in [5.41, 5.74) is 3.44. The third-order valence-corrected chi connectivity index (χ3v) is 3.49. The number of carbonyl (C=O) groups is 1. The van der Waals surface area contributed by atoms with E-state index in [0.717, 1.165) is 5.56 Å². The van der Waals surface area contributed by atoms with Gasteiger partial charge >= 0.3 is 0 Å². The van der Waals surface area contributed by atoms with Crippen LogP contribution in [0.25, 0.3) is 0 Å². The standard InChI is InChI=1S/C14H12BrClN2O2/c15-11-6-10(14(19)18-17)7-12(16)13(11)20-8-9-4-2-1-3-5-9/h1-7H,8,17H2,(H,18,19). The highest BCUT2D eigenvalue weighted by Crippen LogP contribution is 2.35. The monoisotopic (exact) mass is 354 g/mol. The van der Waals surface area contributed by atoms with Crippen molar-refractivity contribution in [1.82, 2.24) is 5.43 Å². The van der Waals surface area contributed by atoms with Gasteiger partial charge in [0.15, 0.2) is 5.75 Å². The van der Waals surface area contributed by atoms with Crippen molar-refractivity contribution in [3.8, 4) is 5.75 Å². The average molecular weight is 356 g/mol. The molecule has 0 aliphatic heterocycles. The number of hydrogen-bond donors (Lipinski definition) is 2. The Hall–Kier alpha value is -1.56. The zero-order valence-corrected chi connectivity index (χ0v) is 12.7. The van der Waals surface area contributed by atoms with Crippen LogP contribution in [0, 0.1) is 0 Å². The molecule has 3 N–H and O–H groups in total. The topological polar surface area (TPSA) is 64.3 Å². The first-order valence-electron chi connectivity index (χ1n) is 5.78. The molecule has 2 aromatic carbocycles. The first kappa shape index (κ1) is 14.8. The third kappa shape index (κ3) is 3.50. The first-order chi connectivity index (χ1) is 9.61. The van der Waals surface area contributed by atoms with Crippen molar-refractivity contribution in [3.63, 3.8) is 0 Å². The zero-order valence-electron chi connectivity index (χ0n) is 10.4. The van der Waals surface area contributed by atoms with Crippen molar-refractivity contribution in [1.29, 1.82) is 0 Å². The van der Waals surface area contributed by atoms with Gasteiger partial charge in [-0.15, -0.1) is 0 Å². The molecule has 0 radical (unpaired) electrons. The molecule has 1 amide bonds. The van der Waals surface area contributed by atoms with Crippen LogP contribution < -0.4 is 16.0 Å². The van der Waals surface area contributed by atoms with Crippen LogP contribution in [0.5, 0.6) is 5.75 Å². The Kier molecular flexibility index (Phi) is 5.00. The molecule has 0 fully saturated rings. The van der Waals surface area contributed by atoms with E-state index >= 15 is 0 Å². The van der Waals surface area contributed by atoms with Crippen molar-refractivity contribution in [2.45, 2.75) is 6.61 Å². The molecule has 0 heterocycles. The average Bonchev–Trinajstić information content (AvgIpc) is 2.46. The summed E-state index contributed by atoms with van der Waals surface area (Å²) in [5.74, 6) is 5.16. The van der Waals surface area contributed by atoms with Gasteiger partial charge in [0.25, 0.3) is 5.91 Å². The second kappa shape index (κ2) is 6.74. The van der Waals surface area contributed by atoms with Crippen molar-refractivity contribution in [2.24, 2.45) is 5.84 Å². The summed E-state index contributed by atoms with van der Waals surface area (Å²) in [6.07, 6.45) is 0. The van der Waals surface area contributed by atoms with E-state index in [1.54, 1.807) is 6.07 Å². The molecule has 4 nitrogen and oxygen atoms in total. The minimum Gasteiger partial charge on any atom is -0.486 e. The van der Waals surface area contributed by atoms with Crippen LogP contribution in [-0.4, -0.2) is 5.91 Å². The molecular weight excluding hydrogens is 344 g/mol. The molecular formula is C14H12BrClN2O2. The van der Waals surface area contributed by atoms with Crippen molar-refractivity contribution < 1.29 is 9.53 Å². The number of carbonyl (C=O) groups excluding carboxylic acids is 1. The normalized spacial score (nSPS) is 10.2. The summed E-state index contributed by atoms with van der Waals surface area (Å²) < 4.78 is 6.28. The molecule has 2 aromatic rings. The summed E-state index contributed by atoms with van der Waals surface area (Å²) in [6, 6.07) is 12.8. The van der Waals surface area contributed by atoms with Gasteiger partial charge in [-0.2, -0.15) is 0 Å². The fraction of sp³-hybridized carbons (Fsp3) is 0.0714. The minimum absolute atomic E-state index is 0.342. The van der Waals surface area contributed by atoms with Crippen LogP contribution in [0.2, 0.25) is 5.02 Å². The minimum atomic E-state index is -0.415. The number of rotatable bonds is 4. The van der Waals surface area contributed by atoms with Crippen LogP contribution >= 0.6 is 27.5 Å². The SMILES string of the molecule is NNC(=O)c1cc(Cl)c(OCc2ccccc2)c(Br)c1. The van der Waals surface area contributed by atoms with Crippen molar-refractivity contribution in [3.05, 3.63) is 63.1 Å². The maximum atomic E-state index is 11.5. The molecule has 6 heteroatoms. The van der Waals surface area contributed by atoms with Gasteiger partial charge in [-0.1, -0.05) is 41.9 Å². The lowest BCUT2D eigenvalue weighted by molar-refractivity contribution is 0.0953. The fourth-order valence-corrected chi connectivity index (χ4v) is 2.60. The molecule has 20 heavy (non-hydrogen) atoms. The summed E-state index contributed by atoms with van der Waals surface area (Å²) >= 11 is 9.46. The molecule has 2 rings (SSSR count). The van der Waals surface area contributed by atoms with Gasteiger partial charge in [-0.25, -0.2) is 5.84 Å². The Morgan fingerprint density at radius 2 is 2.00 bits per heavy atom. The Labute approximate surface area is 130 Å². The fourth-order valence-electron chi connectivity index (χ4n) is 1.64. The molecule has 0 atom stereocenters. The molecule has 0 bridgehead atoms. The molecule has 0 spiro atoms. The van der Waals surface area contributed by atoms with Gasteiger partial charge in [0, 0.05) is 5.56 Å². The predicted octanol–water partition coefficient (Wildman–Crippen LogP) is 3.29. The van der Waals surface area contributed by atoms with Crippen LogP contribution in [-0.2, 0) is 6.61 Å². The number of nitrogens with one attached hydrogen (secondary N) is 1. The highest BCUT2D eigenvalue weighted by atomic mass is 79.9. The Bertz CT molecular complexity index is 597. The van der Waals surface area contributed by atoms with Gasteiger partial charge in [-0.3, -0.25) is 10.2 Å². The van der Waals surface area contributed by atoms with Crippen LogP contribution in [0.15, 0.2) is 46.9 Å². The zero-order chi connectivity index (χ0) is 14.5. The largest absolute Gasteiger partial charge is 0.486 e. The summed E-state index contributed by atoms with van der Waals surface area (Å²) in [7, 11) is 0. The Balaban J connectivity index is 2.18. The van der Waals surface area contributed by atoms with E-state index in [-0.39, 0.29) is 0 Å². The van der Waals surface area contributed by atoms with Crippen LogP contribution in [0.1, 0.15) is 15.9 Å². The quantitative estimate of drug-likeness (QED) is 0.502. The molecule has 0 unspecified atom stereocenters. The lowest BCUT2D eigenvalue weighted by atomic mass is 10.2. The summed E-state index contributed by atoms with van der Waals surface area (Å²) in [5, 5.41) is 0.342. The summed E-state index contributed by atoms with van der Waals surface area (Å²) in [6.45, 7) is 0.390. The number of benzene rings is 2. The number of nitrogen functional groups attached to an aromatic ring is 1. The molecule has 0 aliphatic carbocycles. The van der Waals surface area contributed by atoms with E-state index in [4.69, 9.17) is 22.2 Å². The number of halogens is 2. The lowest BCUT2D eigenvalue weighted by Crippen LogP contribution is -2.29. The highest BCUT2D eigenvalue weighted by Gasteiger charge is 2.13. The Morgan fingerprint density at radius 1 is 1.30 bits per heavy atom. The number of amides is 1. The van der Waals surface area contributed by atoms with Crippen molar-refractivity contribution in [2.75, 3.05) is 0 Å². The first-order valence-corrected chi connectivity index (χ1v) is 6.95. The van der Waals surface area contributed by atoms with Crippen molar-refractivity contribution >= 4 is 33.4 Å². The van der Waals surface area contributed by atoms with Gasteiger partial charge in [0.2, 0.25) is 0 Å². The van der Waals surface area contributed by atoms with E-state index in [0.29, 0.717) is 27.4 Å². The van der Waals surface area contributed by atoms with Gasteiger partial charge in [0.1, 0.15) is 6.61 Å². The van der Waals surface area contributed by atoms with Crippen LogP contribution in [0.3, 0.4) is 0 Å². The Morgan fingerprint density at radius 3 is 2.60 bits per heavy atom. The third-order valence-electron chi connectivity index (χ3n) is 2.62. The van der Waals surface area contributed by atoms with Gasteiger partial charge in [-0.05, 0) is 33.6 Å². The number of nitrogens with two attached hydrogens (primary N) is 1. The van der Waals surface area contributed by atoms with E-state index < -0.39 is 5.91 Å².